The van der Waals surface area contributed by atoms with Crippen molar-refractivity contribution in [2.45, 2.75) is 33.0 Å². The van der Waals surface area contributed by atoms with Gasteiger partial charge >= 0.3 is 0 Å². The van der Waals surface area contributed by atoms with Crippen LogP contribution in [-0.2, 0) is 11.8 Å². The Bertz CT molecular complexity index is 487. The second-order valence-corrected chi connectivity index (χ2v) is 5.06. The Hall–Kier alpha value is -1.76. The fraction of sp³-hybridized carbons (Fsp3) is 0.667. The molecule has 0 aromatic carbocycles. The molecule has 19 heavy (non-hydrogen) atoms. The van der Waals surface area contributed by atoms with Gasteiger partial charge in [0.15, 0.2) is 5.84 Å². The smallest absolute Gasteiger partial charge is 0.175 e. The van der Waals surface area contributed by atoms with Crippen LogP contribution in [-0.4, -0.2) is 46.1 Å². The molecule has 106 valence electrons. The second kappa shape index (κ2) is 5.08. The topological polar surface area (TPSA) is 88.9 Å². The number of morpholine rings is 1. The molecule has 0 aliphatic carbocycles. The predicted octanol–water partition coefficient (Wildman–Crippen LogP) is 0.437. The van der Waals surface area contributed by atoms with Crippen LogP contribution in [0.2, 0.25) is 0 Å². The third kappa shape index (κ3) is 2.51. The van der Waals surface area contributed by atoms with Crippen LogP contribution in [0.1, 0.15) is 25.1 Å². The van der Waals surface area contributed by atoms with Gasteiger partial charge in [-0.1, -0.05) is 5.16 Å². The number of aryl methyl sites for hydroxylation is 2. The Kier molecular flexibility index (Phi) is 3.66. The van der Waals surface area contributed by atoms with Crippen molar-refractivity contribution in [3.8, 4) is 0 Å². The monoisotopic (exact) mass is 267 g/mol. The second-order valence-electron chi connectivity index (χ2n) is 5.06. The van der Waals surface area contributed by atoms with E-state index in [4.69, 9.17) is 15.7 Å². The molecule has 1 aromatic rings. The first kappa shape index (κ1) is 13.7. The van der Waals surface area contributed by atoms with Gasteiger partial charge in [-0.3, -0.25) is 4.68 Å². The number of rotatable bonds is 2. The van der Waals surface area contributed by atoms with Crippen molar-refractivity contribution < 1.29 is 9.94 Å². The molecular formula is C12H21N5O2. The van der Waals surface area contributed by atoms with Crippen molar-refractivity contribution >= 4 is 11.7 Å². The van der Waals surface area contributed by atoms with Crippen LogP contribution in [0.4, 0.5) is 5.82 Å². The highest BCUT2D eigenvalue weighted by Gasteiger charge is 2.28. The van der Waals surface area contributed by atoms with Gasteiger partial charge in [0, 0.05) is 20.1 Å². The SMILES string of the molecule is Cc1nn(C)c(N2C[C@@H](C)O[C@@H](C)C2)c1C(N)=NO. The largest absolute Gasteiger partial charge is 0.409 e. The first-order valence-corrected chi connectivity index (χ1v) is 6.36. The summed E-state index contributed by atoms with van der Waals surface area (Å²) in [5.74, 6) is 0.960. The standard InChI is InChI=1S/C12H21N5O2/c1-7-5-17(6-8(2)19-7)12-10(11(13)15-18)9(3)14-16(12)4/h7-8,18H,5-6H2,1-4H3,(H2,13,15)/t7-,8+. The van der Waals surface area contributed by atoms with Gasteiger partial charge in [0.2, 0.25) is 0 Å². The van der Waals surface area contributed by atoms with Gasteiger partial charge < -0.3 is 20.6 Å². The molecule has 1 saturated heterocycles. The molecule has 1 aliphatic rings. The number of oxime groups is 1. The normalized spacial score (nSPS) is 24.8. The van der Waals surface area contributed by atoms with Crippen molar-refractivity contribution in [3.05, 3.63) is 11.3 Å². The number of hydrogen-bond donors (Lipinski definition) is 2. The molecule has 1 fully saturated rings. The van der Waals surface area contributed by atoms with Crippen LogP contribution in [0.15, 0.2) is 5.16 Å². The maximum absolute atomic E-state index is 8.93. The van der Waals surface area contributed by atoms with E-state index in [0.29, 0.717) is 5.56 Å². The van der Waals surface area contributed by atoms with E-state index in [1.165, 1.54) is 0 Å². The molecule has 2 rings (SSSR count). The average molecular weight is 267 g/mol. The van der Waals surface area contributed by atoms with E-state index < -0.39 is 0 Å². The zero-order valence-electron chi connectivity index (χ0n) is 11.8. The predicted molar refractivity (Wildman–Crippen MR) is 72.7 cm³/mol. The van der Waals surface area contributed by atoms with Crippen LogP contribution in [0.25, 0.3) is 0 Å². The molecule has 0 bridgehead atoms. The molecule has 2 atom stereocenters. The maximum atomic E-state index is 8.93. The summed E-state index contributed by atoms with van der Waals surface area (Å²) in [5.41, 5.74) is 7.21. The number of ether oxygens (including phenoxy) is 1. The van der Waals surface area contributed by atoms with E-state index in [2.05, 4.69) is 15.2 Å². The van der Waals surface area contributed by atoms with Crippen molar-refractivity contribution in [2.24, 2.45) is 17.9 Å². The molecule has 7 nitrogen and oxygen atoms in total. The first-order valence-electron chi connectivity index (χ1n) is 6.36. The number of anilines is 1. The van der Waals surface area contributed by atoms with E-state index >= 15 is 0 Å². The van der Waals surface area contributed by atoms with Crippen molar-refractivity contribution in [1.29, 1.82) is 0 Å². The van der Waals surface area contributed by atoms with Gasteiger partial charge in [-0.15, -0.1) is 0 Å². The fourth-order valence-corrected chi connectivity index (χ4v) is 2.71. The highest BCUT2D eigenvalue weighted by Crippen LogP contribution is 2.26. The molecular weight excluding hydrogens is 246 g/mol. The summed E-state index contributed by atoms with van der Waals surface area (Å²) in [6.07, 6.45) is 0.276. The summed E-state index contributed by atoms with van der Waals surface area (Å²) in [4.78, 5) is 2.17. The number of hydrogen-bond acceptors (Lipinski definition) is 5. The van der Waals surface area contributed by atoms with E-state index in [9.17, 15) is 0 Å². The summed E-state index contributed by atoms with van der Waals surface area (Å²) >= 11 is 0. The number of aromatic nitrogens is 2. The Morgan fingerprint density at radius 3 is 2.53 bits per heavy atom. The van der Waals surface area contributed by atoms with Gasteiger partial charge in [0.05, 0.1) is 23.5 Å². The van der Waals surface area contributed by atoms with Crippen molar-refractivity contribution in [3.63, 3.8) is 0 Å². The van der Waals surface area contributed by atoms with Crippen LogP contribution in [0.3, 0.4) is 0 Å². The maximum Gasteiger partial charge on any atom is 0.175 e. The van der Waals surface area contributed by atoms with Gasteiger partial charge in [-0.05, 0) is 20.8 Å². The quantitative estimate of drug-likeness (QED) is 0.351. The number of nitrogens with zero attached hydrogens (tertiary/aromatic N) is 4. The molecule has 0 saturated carbocycles. The van der Waals surface area contributed by atoms with Crippen LogP contribution in [0.5, 0.6) is 0 Å². The van der Waals surface area contributed by atoms with Crippen LogP contribution in [0, 0.1) is 6.92 Å². The van der Waals surface area contributed by atoms with Crippen molar-refractivity contribution in [1.82, 2.24) is 9.78 Å². The van der Waals surface area contributed by atoms with Gasteiger partial charge in [-0.25, -0.2) is 0 Å². The number of nitrogens with two attached hydrogens (primary N) is 1. The Morgan fingerprint density at radius 2 is 2.00 bits per heavy atom. The molecule has 3 N–H and O–H groups in total. The fourth-order valence-electron chi connectivity index (χ4n) is 2.71. The Balaban J connectivity index is 2.44. The lowest BCUT2D eigenvalue weighted by molar-refractivity contribution is -0.00565. The molecule has 0 radical (unpaired) electrons. The molecule has 0 spiro atoms. The molecule has 1 aromatic heterocycles. The summed E-state index contributed by atoms with van der Waals surface area (Å²) in [7, 11) is 1.86. The molecule has 0 amide bonds. The molecule has 0 unspecified atom stereocenters. The lowest BCUT2D eigenvalue weighted by atomic mass is 10.1. The lowest BCUT2D eigenvalue weighted by Crippen LogP contribution is -2.46. The lowest BCUT2D eigenvalue weighted by Gasteiger charge is -2.37. The zero-order valence-corrected chi connectivity index (χ0v) is 11.8. The minimum absolute atomic E-state index is 0.0902. The van der Waals surface area contributed by atoms with Gasteiger partial charge in [-0.2, -0.15) is 5.10 Å². The summed E-state index contributed by atoms with van der Waals surface area (Å²) in [5, 5.41) is 16.4. The van der Waals surface area contributed by atoms with E-state index in [-0.39, 0.29) is 18.0 Å². The molecule has 2 heterocycles. The van der Waals surface area contributed by atoms with Crippen molar-refractivity contribution in [2.75, 3.05) is 18.0 Å². The summed E-state index contributed by atoms with van der Waals surface area (Å²) < 4.78 is 7.50. The number of amidine groups is 1. The van der Waals surface area contributed by atoms with Gasteiger partial charge in [0.1, 0.15) is 5.82 Å². The van der Waals surface area contributed by atoms with Gasteiger partial charge in [0.25, 0.3) is 0 Å². The minimum atomic E-state index is 0.0902. The Morgan fingerprint density at radius 1 is 1.42 bits per heavy atom. The zero-order chi connectivity index (χ0) is 14.2. The van der Waals surface area contributed by atoms with Crippen LogP contribution < -0.4 is 10.6 Å². The summed E-state index contributed by atoms with van der Waals surface area (Å²) in [6.45, 7) is 7.44. The van der Waals surface area contributed by atoms with E-state index in [0.717, 1.165) is 24.6 Å². The molecule has 1 aliphatic heterocycles. The average Bonchev–Trinajstić information content (AvgIpc) is 2.62. The molecule has 7 heteroatoms. The van der Waals surface area contributed by atoms with E-state index in [1.807, 2.05) is 27.8 Å². The Labute approximate surface area is 112 Å². The van der Waals surface area contributed by atoms with Crippen LogP contribution >= 0.6 is 0 Å². The van der Waals surface area contributed by atoms with E-state index in [1.54, 1.807) is 4.68 Å². The third-order valence-corrected chi connectivity index (χ3v) is 3.27. The minimum Gasteiger partial charge on any atom is -0.409 e. The first-order chi connectivity index (χ1) is 8.93. The highest BCUT2D eigenvalue weighted by molar-refractivity contribution is 6.02. The summed E-state index contributed by atoms with van der Waals surface area (Å²) in [6, 6.07) is 0. The third-order valence-electron chi connectivity index (χ3n) is 3.27. The highest BCUT2D eigenvalue weighted by atomic mass is 16.5.